The smallest absolute Gasteiger partial charge is 0.335 e. The van der Waals surface area contributed by atoms with Gasteiger partial charge in [-0.2, -0.15) is 0 Å². The van der Waals surface area contributed by atoms with E-state index in [1.54, 1.807) is 13.8 Å². The van der Waals surface area contributed by atoms with Gasteiger partial charge in [0.15, 0.2) is 0 Å². The summed E-state index contributed by atoms with van der Waals surface area (Å²) < 4.78 is 1.35. The molecule has 18 heavy (non-hydrogen) atoms. The normalized spacial score (nSPS) is 11.1. The van der Waals surface area contributed by atoms with Gasteiger partial charge in [-0.1, -0.05) is 0 Å². The number of benzene rings is 1. The van der Waals surface area contributed by atoms with Gasteiger partial charge in [0.2, 0.25) is 0 Å². The molecule has 6 nitrogen and oxygen atoms in total. The molecule has 0 bridgehead atoms. The van der Waals surface area contributed by atoms with Gasteiger partial charge in [-0.3, -0.25) is 14.2 Å². The number of aromatic nitrogens is 2. The second kappa shape index (κ2) is 4.14. The second-order valence-electron chi connectivity index (χ2n) is 4.26. The van der Waals surface area contributed by atoms with Gasteiger partial charge in [0.05, 0.1) is 16.6 Å². The summed E-state index contributed by atoms with van der Waals surface area (Å²) in [4.78, 5) is 36.5. The molecule has 1 aromatic heterocycles. The molecule has 0 radical (unpaired) electrons. The first-order valence-electron chi connectivity index (χ1n) is 5.43. The fraction of sp³-hybridized carbons (Fsp3) is 0.250. The van der Waals surface area contributed by atoms with E-state index >= 15 is 0 Å². The summed E-state index contributed by atoms with van der Waals surface area (Å²) in [7, 11) is 0. The van der Waals surface area contributed by atoms with Gasteiger partial charge in [-0.15, -0.1) is 0 Å². The van der Waals surface area contributed by atoms with Crippen LogP contribution in [0.25, 0.3) is 11.0 Å². The predicted molar refractivity (Wildman–Crippen MR) is 66.2 cm³/mol. The SMILES string of the molecule is CC(C)n1c(=O)c(=O)[nH]c2cc(C(=O)O)ccc21. The summed E-state index contributed by atoms with van der Waals surface area (Å²) in [5.74, 6) is -1.08. The minimum atomic E-state index is -1.08. The number of fused-ring (bicyclic) bond motifs is 1. The monoisotopic (exact) mass is 248 g/mol. The minimum Gasteiger partial charge on any atom is -0.478 e. The van der Waals surface area contributed by atoms with Crippen molar-refractivity contribution in [1.82, 2.24) is 9.55 Å². The van der Waals surface area contributed by atoms with E-state index in [1.165, 1.54) is 22.8 Å². The zero-order chi connectivity index (χ0) is 13.4. The largest absolute Gasteiger partial charge is 0.478 e. The van der Waals surface area contributed by atoms with Gasteiger partial charge in [0.25, 0.3) is 0 Å². The molecule has 0 atom stereocenters. The third-order valence-electron chi connectivity index (χ3n) is 2.68. The summed E-state index contributed by atoms with van der Waals surface area (Å²) in [5.41, 5.74) is -0.473. The Morgan fingerprint density at radius 2 is 2.00 bits per heavy atom. The summed E-state index contributed by atoms with van der Waals surface area (Å²) in [6.45, 7) is 3.57. The van der Waals surface area contributed by atoms with Crippen molar-refractivity contribution in [2.45, 2.75) is 19.9 Å². The molecule has 2 N–H and O–H groups in total. The van der Waals surface area contributed by atoms with E-state index in [1.807, 2.05) is 0 Å². The number of carboxylic acids is 1. The van der Waals surface area contributed by atoms with Crippen LogP contribution in [-0.2, 0) is 0 Å². The third-order valence-corrected chi connectivity index (χ3v) is 2.68. The van der Waals surface area contributed by atoms with Crippen LogP contribution in [0.2, 0.25) is 0 Å². The van der Waals surface area contributed by atoms with Gasteiger partial charge < -0.3 is 10.1 Å². The van der Waals surface area contributed by atoms with E-state index in [-0.39, 0.29) is 11.6 Å². The lowest BCUT2D eigenvalue weighted by atomic mass is 10.2. The zero-order valence-corrected chi connectivity index (χ0v) is 9.93. The molecule has 0 fully saturated rings. The Morgan fingerprint density at radius 1 is 1.33 bits per heavy atom. The van der Waals surface area contributed by atoms with Gasteiger partial charge in [0, 0.05) is 6.04 Å². The number of nitrogens with zero attached hydrogens (tertiary/aromatic N) is 1. The molecule has 1 heterocycles. The van der Waals surface area contributed by atoms with E-state index < -0.39 is 17.1 Å². The molecule has 0 saturated heterocycles. The van der Waals surface area contributed by atoms with Crippen molar-refractivity contribution < 1.29 is 9.90 Å². The van der Waals surface area contributed by atoms with Crippen molar-refractivity contribution >= 4 is 17.0 Å². The zero-order valence-electron chi connectivity index (χ0n) is 9.93. The Balaban J connectivity index is 2.92. The van der Waals surface area contributed by atoms with Crippen molar-refractivity contribution in [3.63, 3.8) is 0 Å². The number of aromatic carboxylic acids is 1. The van der Waals surface area contributed by atoms with E-state index in [0.717, 1.165) is 0 Å². The Hall–Kier alpha value is -2.37. The summed E-state index contributed by atoms with van der Waals surface area (Å²) in [5, 5.41) is 8.89. The fourth-order valence-electron chi connectivity index (χ4n) is 1.89. The van der Waals surface area contributed by atoms with Gasteiger partial charge >= 0.3 is 17.1 Å². The number of carboxylic acid groups (broad SMARTS) is 1. The molecule has 2 rings (SSSR count). The molecule has 94 valence electrons. The van der Waals surface area contributed by atoms with Crippen molar-refractivity contribution in [2.24, 2.45) is 0 Å². The van der Waals surface area contributed by atoms with Gasteiger partial charge in [-0.25, -0.2) is 4.79 Å². The highest BCUT2D eigenvalue weighted by Crippen LogP contribution is 2.14. The van der Waals surface area contributed by atoms with Crippen LogP contribution in [0.5, 0.6) is 0 Å². The quantitative estimate of drug-likeness (QED) is 0.774. The maximum Gasteiger partial charge on any atom is 0.335 e. The number of rotatable bonds is 2. The average molecular weight is 248 g/mol. The highest BCUT2D eigenvalue weighted by molar-refractivity contribution is 5.92. The van der Waals surface area contributed by atoms with Gasteiger partial charge in [0.1, 0.15) is 0 Å². The Bertz CT molecular complexity index is 740. The second-order valence-corrected chi connectivity index (χ2v) is 4.26. The number of aromatic amines is 1. The first-order valence-corrected chi connectivity index (χ1v) is 5.43. The Morgan fingerprint density at radius 3 is 2.56 bits per heavy atom. The standard InChI is InChI=1S/C12H12N2O4/c1-6(2)14-9-4-3-7(12(17)18)5-8(9)13-10(15)11(14)16/h3-6H,1-2H3,(H,13,15)(H,17,18). The molecular weight excluding hydrogens is 236 g/mol. The van der Waals surface area contributed by atoms with Crippen LogP contribution in [0, 0.1) is 0 Å². The molecule has 0 aliphatic heterocycles. The number of H-pyrrole nitrogens is 1. The fourth-order valence-corrected chi connectivity index (χ4v) is 1.89. The van der Waals surface area contributed by atoms with Crippen LogP contribution in [0.15, 0.2) is 27.8 Å². The van der Waals surface area contributed by atoms with E-state index in [2.05, 4.69) is 4.98 Å². The van der Waals surface area contributed by atoms with Crippen molar-refractivity contribution in [3.05, 3.63) is 44.5 Å². The summed E-state index contributed by atoms with van der Waals surface area (Å²) in [6, 6.07) is 4.09. The van der Waals surface area contributed by atoms with Crippen LogP contribution in [0.4, 0.5) is 0 Å². The highest BCUT2D eigenvalue weighted by atomic mass is 16.4. The highest BCUT2D eigenvalue weighted by Gasteiger charge is 2.12. The molecule has 0 aliphatic rings. The molecular formula is C12H12N2O4. The van der Waals surface area contributed by atoms with E-state index in [0.29, 0.717) is 11.0 Å². The lowest BCUT2D eigenvalue weighted by molar-refractivity contribution is 0.0697. The third kappa shape index (κ3) is 1.81. The number of hydrogen-bond acceptors (Lipinski definition) is 3. The number of hydrogen-bond donors (Lipinski definition) is 2. The van der Waals surface area contributed by atoms with Crippen LogP contribution < -0.4 is 11.1 Å². The maximum absolute atomic E-state index is 11.7. The van der Waals surface area contributed by atoms with Crippen molar-refractivity contribution in [1.29, 1.82) is 0 Å². The summed E-state index contributed by atoms with van der Waals surface area (Å²) >= 11 is 0. The lowest BCUT2D eigenvalue weighted by Gasteiger charge is -2.13. The van der Waals surface area contributed by atoms with Crippen molar-refractivity contribution in [2.75, 3.05) is 0 Å². The van der Waals surface area contributed by atoms with E-state index in [4.69, 9.17) is 5.11 Å². The predicted octanol–water partition coefficient (Wildman–Crippen LogP) is 0.969. The van der Waals surface area contributed by atoms with Crippen LogP contribution in [0.3, 0.4) is 0 Å². The van der Waals surface area contributed by atoms with Crippen LogP contribution in [0.1, 0.15) is 30.2 Å². The minimum absolute atomic E-state index is 0.0621. The molecule has 2 aromatic rings. The van der Waals surface area contributed by atoms with E-state index in [9.17, 15) is 14.4 Å². The number of nitrogens with one attached hydrogen (secondary N) is 1. The first kappa shape index (κ1) is 12.1. The van der Waals surface area contributed by atoms with Gasteiger partial charge in [-0.05, 0) is 32.0 Å². The van der Waals surface area contributed by atoms with Crippen LogP contribution in [-0.4, -0.2) is 20.6 Å². The molecule has 0 saturated carbocycles. The Kier molecular flexibility index (Phi) is 2.78. The Labute approximate surface area is 102 Å². The first-order chi connectivity index (χ1) is 8.41. The average Bonchev–Trinajstić information content (AvgIpc) is 2.29. The summed E-state index contributed by atoms with van der Waals surface area (Å²) in [6.07, 6.45) is 0. The van der Waals surface area contributed by atoms with Crippen LogP contribution >= 0.6 is 0 Å². The van der Waals surface area contributed by atoms with Crippen molar-refractivity contribution in [3.8, 4) is 0 Å². The number of carbonyl (C=O) groups is 1. The molecule has 0 aliphatic carbocycles. The molecule has 0 unspecified atom stereocenters. The molecule has 0 spiro atoms. The maximum atomic E-state index is 11.7. The molecule has 0 amide bonds. The lowest BCUT2D eigenvalue weighted by Crippen LogP contribution is -2.37. The molecule has 1 aromatic carbocycles. The topological polar surface area (TPSA) is 92.2 Å². The molecule has 6 heteroatoms.